The highest BCUT2D eigenvalue weighted by Crippen LogP contribution is 2.18. The van der Waals surface area contributed by atoms with Crippen molar-refractivity contribution in [3.63, 3.8) is 0 Å². The third-order valence-electron chi connectivity index (χ3n) is 4.82. The van der Waals surface area contributed by atoms with Crippen LogP contribution in [0.3, 0.4) is 0 Å². The van der Waals surface area contributed by atoms with E-state index in [0.29, 0.717) is 24.2 Å². The molecule has 0 bridgehead atoms. The first-order valence-electron chi connectivity index (χ1n) is 10.3. The molecule has 1 aliphatic rings. The summed E-state index contributed by atoms with van der Waals surface area (Å²) in [6, 6.07) is 2.36. The quantitative estimate of drug-likeness (QED) is 0.512. The average molecular weight is 412 g/mol. The van der Waals surface area contributed by atoms with Gasteiger partial charge in [0.05, 0.1) is 18.4 Å². The van der Waals surface area contributed by atoms with Crippen LogP contribution in [0.15, 0.2) is 24.7 Å². The molecule has 0 saturated carbocycles. The van der Waals surface area contributed by atoms with Crippen LogP contribution in [0, 0.1) is 6.57 Å². The van der Waals surface area contributed by atoms with E-state index in [4.69, 9.17) is 6.57 Å². The average Bonchev–Trinajstić information content (AvgIpc) is 3.33. The smallest absolute Gasteiger partial charge is 0.241 e. The number of nitrogens with one attached hydrogen (secondary N) is 3. The minimum atomic E-state index is -0.0838. The molecular formula is C20H29N9O. The second-order valence-corrected chi connectivity index (χ2v) is 7.63. The SMILES string of the molecule is [C-]#[N+]CCN1CCC[C@@H]1CNc1ccnc(Nc2cnn(CC(=O)NC(C)C)c2)n1. The maximum atomic E-state index is 11.9. The molecule has 1 amide bonds. The fraction of sp³-hybridized carbons (Fsp3) is 0.550. The summed E-state index contributed by atoms with van der Waals surface area (Å²) in [5.41, 5.74) is 0.714. The Labute approximate surface area is 176 Å². The third kappa shape index (κ3) is 6.42. The number of aromatic nitrogens is 4. The van der Waals surface area contributed by atoms with E-state index < -0.39 is 0 Å². The zero-order valence-corrected chi connectivity index (χ0v) is 17.5. The van der Waals surface area contributed by atoms with Crippen molar-refractivity contribution in [3.8, 4) is 0 Å². The maximum Gasteiger partial charge on any atom is 0.241 e. The summed E-state index contributed by atoms with van der Waals surface area (Å²) >= 11 is 0. The number of amides is 1. The van der Waals surface area contributed by atoms with E-state index in [1.807, 2.05) is 19.9 Å². The third-order valence-corrected chi connectivity index (χ3v) is 4.82. The number of rotatable bonds is 10. The zero-order chi connectivity index (χ0) is 21.3. The van der Waals surface area contributed by atoms with E-state index >= 15 is 0 Å². The van der Waals surface area contributed by atoms with Gasteiger partial charge in [0, 0.05) is 31.0 Å². The molecule has 10 heteroatoms. The van der Waals surface area contributed by atoms with E-state index in [0.717, 1.165) is 31.9 Å². The summed E-state index contributed by atoms with van der Waals surface area (Å²) in [7, 11) is 0. The lowest BCUT2D eigenvalue weighted by molar-refractivity contribution is -0.122. The Morgan fingerprint density at radius 1 is 1.43 bits per heavy atom. The van der Waals surface area contributed by atoms with Crippen molar-refractivity contribution in [2.75, 3.05) is 36.8 Å². The highest BCUT2D eigenvalue weighted by atomic mass is 16.2. The van der Waals surface area contributed by atoms with Crippen molar-refractivity contribution in [1.29, 1.82) is 0 Å². The Kier molecular flexibility index (Phi) is 7.57. The van der Waals surface area contributed by atoms with Crippen molar-refractivity contribution in [2.45, 2.75) is 45.3 Å². The van der Waals surface area contributed by atoms with Gasteiger partial charge in [-0.05, 0) is 39.3 Å². The van der Waals surface area contributed by atoms with Gasteiger partial charge in [0.15, 0.2) is 0 Å². The molecule has 3 N–H and O–H groups in total. The predicted molar refractivity (Wildman–Crippen MR) is 115 cm³/mol. The molecule has 0 radical (unpaired) electrons. The molecule has 0 aromatic carbocycles. The van der Waals surface area contributed by atoms with Gasteiger partial charge in [0.1, 0.15) is 12.4 Å². The minimum absolute atomic E-state index is 0.0838. The van der Waals surface area contributed by atoms with Gasteiger partial charge in [-0.25, -0.2) is 11.6 Å². The fourth-order valence-electron chi connectivity index (χ4n) is 3.50. The Balaban J connectivity index is 1.52. The molecule has 0 aliphatic carbocycles. The molecule has 3 rings (SSSR count). The van der Waals surface area contributed by atoms with Crippen LogP contribution in [-0.2, 0) is 11.3 Å². The molecule has 1 saturated heterocycles. The summed E-state index contributed by atoms with van der Waals surface area (Å²) in [6.07, 6.45) is 7.38. The van der Waals surface area contributed by atoms with Gasteiger partial charge in [-0.15, -0.1) is 0 Å². The Bertz CT molecular complexity index is 873. The topological polar surface area (TPSA) is 104 Å². The van der Waals surface area contributed by atoms with Crippen molar-refractivity contribution in [1.82, 2.24) is 30.0 Å². The van der Waals surface area contributed by atoms with E-state index in [1.165, 1.54) is 6.42 Å². The van der Waals surface area contributed by atoms with Crippen molar-refractivity contribution < 1.29 is 4.79 Å². The van der Waals surface area contributed by atoms with Gasteiger partial charge < -0.3 is 20.8 Å². The van der Waals surface area contributed by atoms with Gasteiger partial charge in [-0.3, -0.25) is 14.4 Å². The second-order valence-electron chi connectivity index (χ2n) is 7.63. The Morgan fingerprint density at radius 2 is 2.30 bits per heavy atom. The van der Waals surface area contributed by atoms with Crippen molar-refractivity contribution in [3.05, 3.63) is 36.1 Å². The number of hydrogen-bond acceptors (Lipinski definition) is 7. The van der Waals surface area contributed by atoms with Gasteiger partial charge >= 0.3 is 0 Å². The summed E-state index contributed by atoms with van der Waals surface area (Å²) in [5.74, 6) is 1.12. The molecule has 1 atom stereocenters. The van der Waals surface area contributed by atoms with Crippen LogP contribution in [0.4, 0.5) is 17.5 Å². The predicted octanol–water partition coefficient (Wildman–Crippen LogP) is 1.74. The fourth-order valence-corrected chi connectivity index (χ4v) is 3.50. The molecule has 10 nitrogen and oxygen atoms in total. The summed E-state index contributed by atoms with van der Waals surface area (Å²) in [5, 5.41) is 13.5. The number of carbonyl (C=O) groups excluding carboxylic acids is 1. The molecule has 1 fully saturated rings. The van der Waals surface area contributed by atoms with Gasteiger partial charge in [0.2, 0.25) is 18.4 Å². The minimum Gasteiger partial charge on any atom is -0.368 e. The normalized spacial score (nSPS) is 16.4. The molecule has 0 spiro atoms. The lowest BCUT2D eigenvalue weighted by atomic mass is 10.2. The number of likely N-dealkylation sites (tertiary alicyclic amines) is 1. The molecule has 0 unspecified atom stereocenters. The van der Waals surface area contributed by atoms with Crippen molar-refractivity contribution >= 4 is 23.4 Å². The van der Waals surface area contributed by atoms with Crippen LogP contribution in [0.1, 0.15) is 26.7 Å². The van der Waals surface area contributed by atoms with Crippen molar-refractivity contribution in [2.24, 2.45) is 0 Å². The van der Waals surface area contributed by atoms with Crippen LogP contribution in [-0.4, -0.2) is 68.8 Å². The first-order chi connectivity index (χ1) is 14.5. The zero-order valence-electron chi connectivity index (χ0n) is 17.5. The molecule has 2 aromatic heterocycles. The summed E-state index contributed by atoms with van der Waals surface area (Å²) in [4.78, 5) is 26.5. The molecule has 3 heterocycles. The molecule has 30 heavy (non-hydrogen) atoms. The van der Waals surface area contributed by atoms with E-state index in [1.54, 1.807) is 23.3 Å². The standard InChI is InChI=1S/C20H29N9O/c1-15(2)25-19(30)14-29-13-16(11-24-29)26-20-22-7-6-18(27-20)23-12-17-5-4-9-28(17)10-8-21-3/h6-7,11,13,15,17H,4-5,8-10,12,14H2,1-2H3,(H,25,30)(H2,22,23,26,27)/t17-/m1/s1. The molecule has 1 aliphatic heterocycles. The Hall–Kier alpha value is -3.19. The monoisotopic (exact) mass is 411 g/mol. The van der Waals surface area contributed by atoms with Gasteiger partial charge in [-0.2, -0.15) is 10.1 Å². The van der Waals surface area contributed by atoms with Crippen LogP contribution in [0.5, 0.6) is 0 Å². The van der Waals surface area contributed by atoms with Gasteiger partial charge in [0.25, 0.3) is 0 Å². The molecular weight excluding hydrogens is 382 g/mol. The van der Waals surface area contributed by atoms with Crippen LogP contribution in [0.25, 0.3) is 4.85 Å². The molecule has 2 aromatic rings. The Morgan fingerprint density at radius 3 is 3.10 bits per heavy atom. The molecule has 160 valence electrons. The largest absolute Gasteiger partial charge is 0.368 e. The number of nitrogens with zero attached hydrogens (tertiary/aromatic N) is 6. The van der Waals surface area contributed by atoms with Crippen LogP contribution in [0.2, 0.25) is 0 Å². The first kappa shape index (κ1) is 21.5. The van der Waals surface area contributed by atoms with E-state index in [-0.39, 0.29) is 18.5 Å². The van der Waals surface area contributed by atoms with Crippen LogP contribution < -0.4 is 16.0 Å². The van der Waals surface area contributed by atoms with E-state index in [9.17, 15) is 4.79 Å². The number of anilines is 3. The second kappa shape index (κ2) is 10.5. The summed E-state index contributed by atoms with van der Waals surface area (Å²) in [6.45, 7) is 14.2. The van der Waals surface area contributed by atoms with E-state index in [2.05, 4.69) is 40.8 Å². The lowest BCUT2D eigenvalue weighted by Crippen LogP contribution is -2.36. The summed E-state index contributed by atoms with van der Waals surface area (Å²) < 4.78 is 1.57. The highest BCUT2D eigenvalue weighted by Gasteiger charge is 2.24. The number of carbonyl (C=O) groups is 1. The number of hydrogen-bond donors (Lipinski definition) is 3. The lowest BCUT2D eigenvalue weighted by Gasteiger charge is -2.22. The first-order valence-corrected chi connectivity index (χ1v) is 10.3. The maximum absolute atomic E-state index is 11.9. The highest BCUT2D eigenvalue weighted by molar-refractivity contribution is 5.76. The van der Waals surface area contributed by atoms with Gasteiger partial charge in [-0.1, -0.05) is 0 Å². The van der Waals surface area contributed by atoms with Crippen LogP contribution >= 0.6 is 0 Å².